The summed E-state index contributed by atoms with van der Waals surface area (Å²) >= 11 is 0. The van der Waals surface area contributed by atoms with Gasteiger partial charge in [-0.05, 0) is 13.8 Å². The van der Waals surface area contributed by atoms with E-state index >= 15 is 0 Å². The second kappa shape index (κ2) is 3.53. The Kier molecular flexibility index (Phi) is 3.32. The molecule has 4 heteroatoms. The number of primary amides is 1. The lowest BCUT2D eigenvalue weighted by Gasteiger charge is -2.21. The lowest BCUT2D eigenvalue weighted by Crippen LogP contribution is -2.51. The van der Waals surface area contributed by atoms with Crippen molar-refractivity contribution in [3.63, 3.8) is 0 Å². The van der Waals surface area contributed by atoms with E-state index in [-0.39, 0.29) is 5.91 Å². The average molecular weight is 145 g/mol. The van der Waals surface area contributed by atoms with Crippen molar-refractivity contribution in [2.75, 3.05) is 13.1 Å². The third kappa shape index (κ3) is 2.80. The minimum Gasteiger partial charge on any atom is -0.368 e. The summed E-state index contributed by atoms with van der Waals surface area (Å²) in [6, 6.07) is 0. The van der Waals surface area contributed by atoms with Crippen molar-refractivity contribution < 1.29 is 4.79 Å². The van der Waals surface area contributed by atoms with E-state index in [1.807, 2.05) is 0 Å². The standard InChI is InChI=1S/C6H15N3O/c1-6(2,5(8)10)9-4-3-7/h9H,3-4,7H2,1-2H3,(H2,8,10). The van der Waals surface area contributed by atoms with Gasteiger partial charge in [-0.2, -0.15) is 0 Å². The van der Waals surface area contributed by atoms with Gasteiger partial charge in [0, 0.05) is 13.1 Å². The molecule has 0 radical (unpaired) electrons. The zero-order valence-electron chi connectivity index (χ0n) is 6.48. The van der Waals surface area contributed by atoms with Gasteiger partial charge in [-0.25, -0.2) is 0 Å². The van der Waals surface area contributed by atoms with Crippen molar-refractivity contribution in [1.82, 2.24) is 5.32 Å². The molecule has 0 aromatic heterocycles. The highest BCUT2D eigenvalue weighted by Gasteiger charge is 2.22. The first kappa shape index (κ1) is 9.39. The quantitative estimate of drug-likeness (QED) is 0.464. The molecule has 0 rings (SSSR count). The Bertz CT molecular complexity index is 122. The van der Waals surface area contributed by atoms with E-state index in [4.69, 9.17) is 11.5 Å². The number of carbonyl (C=O) groups excluding carboxylic acids is 1. The van der Waals surface area contributed by atoms with Crippen LogP contribution in [0.15, 0.2) is 0 Å². The molecule has 0 fully saturated rings. The van der Waals surface area contributed by atoms with Gasteiger partial charge in [0.05, 0.1) is 5.54 Å². The SMILES string of the molecule is CC(C)(NCCN)C(N)=O. The number of nitrogens with one attached hydrogen (secondary N) is 1. The zero-order chi connectivity index (χ0) is 8.20. The van der Waals surface area contributed by atoms with Gasteiger partial charge in [-0.15, -0.1) is 0 Å². The molecule has 0 unspecified atom stereocenters. The normalized spacial score (nSPS) is 11.5. The maximum atomic E-state index is 10.6. The van der Waals surface area contributed by atoms with Crippen LogP contribution in [-0.2, 0) is 4.79 Å². The lowest BCUT2D eigenvalue weighted by atomic mass is 10.1. The van der Waals surface area contributed by atoms with Gasteiger partial charge in [-0.1, -0.05) is 0 Å². The fourth-order valence-corrected chi connectivity index (χ4v) is 0.472. The number of hydrogen-bond donors (Lipinski definition) is 3. The van der Waals surface area contributed by atoms with Crippen molar-refractivity contribution >= 4 is 5.91 Å². The molecule has 60 valence electrons. The highest BCUT2D eigenvalue weighted by Crippen LogP contribution is 1.97. The number of nitrogens with two attached hydrogens (primary N) is 2. The predicted octanol–water partition coefficient (Wildman–Crippen LogP) is -1.20. The molecule has 0 bridgehead atoms. The third-order valence-corrected chi connectivity index (χ3v) is 1.33. The molecule has 4 nitrogen and oxygen atoms in total. The minimum absolute atomic E-state index is 0.360. The van der Waals surface area contributed by atoms with E-state index in [1.165, 1.54) is 0 Å². The van der Waals surface area contributed by atoms with Gasteiger partial charge in [0.15, 0.2) is 0 Å². The van der Waals surface area contributed by atoms with E-state index in [2.05, 4.69) is 5.32 Å². The summed E-state index contributed by atoms with van der Waals surface area (Å²) in [5.74, 6) is -0.360. The summed E-state index contributed by atoms with van der Waals surface area (Å²) in [4.78, 5) is 10.6. The average Bonchev–Trinajstić information content (AvgIpc) is 1.84. The molecule has 1 amide bonds. The van der Waals surface area contributed by atoms with Crippen LogP contribution in [0.3, 0.4) is 0 Å². The number of carbonyl (C=O) groups is 1. The number of rotatable bonds is 4. The second-order valence-electron chi connectivity index (χ2n) is 2.70. The monoisotopic (exact) mass is 145 g/mol. The van der Waals surface area contributed by atoms with Gasteiger partial charge < -0.3 is 16.8 Å². The van der Waals surface area contributed by atoms with Crippen molar-refractivity contribution in [3.05, 3.63) is 0 Å². The topological polar surface area (TPSA) is 81.1 Å². The van der Waals surface area contributed by atoms with Crippen LogP contribution in [0, 0.1) is 0 Å². The molecule has 0 saturated heterocycles. The van der Waals surface area contributed by atoms with Crippen molar-refractivity contribution in [2.45, 2.75) is 19.4 Å². The molecule has 5 N–H and O–H groups in total. The van der Waals surface area contributed by atoms with Crippen LogP contribution in [0.2, 0.25) is 0 Å². The Morgan fingerprint density at radius 2 is 2.10 bits per heavy atom. The van der Waals surface area contributed by atoms with Crippen LogP contribution in [-0.4, -0.2) is 24.5 Å². The summed E-state index contributed by atoms with van der Waals surface area (Å²) in [6.45, 7) is 4.57. The highest BCUT2D eigenvalue weighted by molar-refractivity contribution is 5.83. The van der Waals surface area contributed by atoms with Crippen molar-refractivity contribution in [3.8, 4) is 0 Å². The first-order valence-corrected chi connectivity index (χ1v) is 3.25. The van der Waals surface area contributed by atoms with Crippen LogP contribution in [0.4, 0.5) is 0 Å². The Labute approximate surface area is 61.0 Å². The molecule has 0 aliphatic carbocycles. The van der Waals surface area contributed by atoms with Crippen LogP contribution in [0.25, 0.3) is 0 Å². The molecule has 0 spiro atoms. The second-order valence-corrected chi connectivity index (χ2v) is 2.70. The molecule has 0 aliphatic heterocycles. The van der Waals surface area contributed by atoms with E-state index in [0.717, 1.165) is 0 Å². The van der Waals surface area contributed by atoms with Gasteiger partial charge in [0.1, 0.15) is 0 Å². The Hall–Kier alpha value is -0.610. The van der Waals surface area contributed by atoms with E-state index in [1.54, 1.807) is 13.8 Å². The summed E-state index contributed by atoms with van der Waals surface area (Å²) in [7, 11) is 0. The molecule has 0 saturated carbocycles. The van der Waals surface area contributed by atoms with Crippen LogP contribution < -0.4 is 16.8 Å². The largest absolute Gasteiger partial charge is 0.368 e. The fraction of sp³-hybridized carbons (Fsp3) is 0.833. The summed E-state index contributed by atoms with van der Waals surface area (Å²) in [6.07, 6.45) is 0. The van der Waals surface area contributed by atoms with Crippen molar-refractivity contribution in [2.24, 2.45) is 11.5 Å². The van der Waals surface area contributed by atoms with Crippen LogP contribution in [0.5, 0.6) is 0 Å². The van der Waals surface area contributed by atoms with Gasteiger partial charge in [0.2, 0.25) is 5.91 Å². The Balaban J connectivity index is 3.75. The number of hydrogen-bond acceptors (Lipinski definition) is 3. The predicted molar refractivity (Wildman–Crippen MR) is 40.3 cm³/mol. The Morgan fingerprint density at radius 1 is 1.60 bits per heavy atom. The molecule has 0 atom stereocenters. The molecule has 0 heterocycles. The Morgan fingerprint density at radius 3 is 2.40 bits per heavy atom. The molecular formula is C6H15N3O. The maximum Gasteiger partial charge on any atom is 0.237 e. The molecule has 0 aromatic rings. The molecule has 0 aliphatic rings. The first-order valence-electron chi connectivity index (χ1n) is 3.25. The van der Waals surface area contributed by atoms with Gasteiger partial charge >= 0.3 is 0 Å². The minimum atomic E-state index is -0.640. The van der Waals surface area contributed by atoms with Crippen LogP contribution in [0.1, 0.15) is 13.8 Å². The van der Waals surface area contributed by atoms with E-state index in [9.17, 15) is 4.79 Å². The smallest absolute Gasteiger partial charge is 0.237 e. The molecule has 0 aromatic carbocycles. The van der Waals surface area contributed by atoms with Crippen LogP contribution >= 0.6 is 0 Å². The highest BCUT2D eigenvalue weighted by atomic mass is 16.1. The molecular weight excluding hydrogens is 130 g/mol. The van der Waals surface area contributed by atoms with Crippen molar-refractivity contribution in [1.29, 1.82) is 0 Å². The van der Waals surface area contributed by atoms with Gasteiger partial charge in [-0.3, -0.25) is 4.79 Å². The third-order valence-electron chi connectivity index (χ3n) is 1.33. The molecule has 10 heavy (non-hydrogen) atoms. The first-order chi connectivity index (χ1) is 4.50. The lowest BCUT2D eigenvalue weighted by molar-refractivity contribution is -0.123. The zero-order valence-corrected chi connectivity index (χ0v) is 6.48. The van der Waals surface area contributed by atoms with Gasteiger partial charge in [0.25, 0.3) is 0 Å². The van der Waals surface area contributed by atoms with E-state index < -0.39 is 5.54 Å². The summed E-state index contributed by atoms with van der Waals surface area (Å²) in [5.41, 5.74) is 9.65. The summed E-state index contributed by atoms with van der Waals surface area (Å²) in [5, 5.41) is 2.91. The summed E-state index contributed by atoms with van der Waals surface area (Å²) < 4.78 is 0. The van der Waals surface area contributed by atoms with E-state index in [0.29, 0.717) is 13.1 Å². The maximum absolute atomic E-state index is 10.6. The number of amides is 1. The fourth-order valence-electron chi connectivity index (χ4n) is 0.472.